The van der Waals surface area contributed by atoms with Crippen molar-refractivity contribution in [2.75, 3.05) is 6.61 Å². The Morgan fingerprint density at radius 1 is 1.12 bits per heavy atom. The third kappa shape index (κ3) is 5.31. The second-order valence-electron chi connectivity index (χ2n) is 6.42. The van der Waals surface area contributed by atoms with Crippen LogP contribution in [-0.4, -0.2) is 17.4 Å². The van der Waals surface area contributed by atoms with E-state index in [-0.39, 0.29) is 30.2 Å². The van der Waals surface area contributed by atoms with Crippen molar-refractivity contribution in [1.29, 1.82) is 0 Å². The summed E-state index contributed by atoms with van der Waals surface area (Å²) in [5, 5.41) is 13.6. The van der Waals surface area contributed by atoms with E-state index in [1.807, 2.05) is 12.1 Å². The molecule has 0 heterocycles. The van der Waals surface area contributed by atoms with Crippen molar-refractivity contribution < 1.29 is 14.5 Å². The van der Waals surface area contributed by atoms with E-state index >= 15 is 0 Å². The van der Waals surface area contributed by atoms with E-state index in [4.69, 9.17) is 4.74 Å². The minimum Gasteiger partial charge on any atom is -0.484 e. The topological polar surface area (TPSA) is 81.5 Å². The van der Waals surface area contributed by atoms with Crippen LogP contribution in [0.2, 0.25) is 0 Å². The highest BCUT2D eigenvalue weighted by Crippen LogP contribution is 2.22. The molecule has 6 heteroatoms. The second kappa shape index (κ2) is 8.99. The normalized spacial score (nSPS) is 11.8. The highest BCUT2D eigenvalue weighted by Gasteiger charge is 2.18. The molecule has 138 valence electrons. The fraction of sp³-hybridized carbons (Fsp3) is 0.350. The molecule has 26 heavy (non-hydrogen) atoms. The third-order valence-corrected chi connectivity index (χ3v) is 4.15. The van der Waals surface area contributed by atoms with Gasteiger partial charge in [-0.3, -0.25) is 14.9 Å². The van der Waals surface area contributed by atoms with Gasteiger partial charge >= 0.3 is 0 Å². The number of rotatable bonds is 8. The minimum absolute atomic E-state index is 0.0165. The van der Waals surface area contributed by atoms with Crippen LogP contribution in [0.25, 0.3) is 0 Å². The monoisotopic (exact) mass is 356 g/mol. The average Bonchev–Trinajstić information content (AvgIpc) is 2.64. The van der Waals surface area contributed by atoms with Crippen LogP contribution in [0, 0.1) is 16.0 Å². The molecule has 0 fully saturated rings. The minimum atomic E-state index is -0.479. The van der Waals surface area contributed by atoms with Gasteiger partial charge in [0.1, 0.15) is 5.75 Å². The van der Waals surface area contributed by atoms with Crippen molar-refractivity contribution in [3.05, 3.63) is 69.8 Å². The Morgan fingerprint density at radius 3 is 2.23 bits per heavy atom. The van der Waals surface area contributed by atoms with Gasteiger partial charge in [0, 0.05) is 12.1 Å². The van der Waals surface area contributed by atoms with Crippen LogP contribution in [0.4, 0.5) is 5.69 Å². The zero-order chi connectivity index (χ0) is 19.1. The summed E-state index contributed by atoms with van der Waals surface area (Å²) in [6.07, 6.45) is 0.974. The number of non-ortho nitro benzene ring substituents is 1. The van der Waals surface area contributed by atoms with Crippen molar-refractivity contribution in [3.8, 4) is 5.75 Å². The van der Waals surface area contributed by atoms with Crippen molar-refractivity contribution in [2.24, 2.45) is 5.92 Å². The van der Waals surface area contributed by atoms with Crippen LogP contribution in [0.3, 0.4) is 0 Å². The van der Waals surface area contributed by atoms with Gasteiger partial charge in [-0.2, -0.15) is 0 Å². The summed E-state index contributed by atoms with van der Waals surface area (Å²) in [5.74, 6) is 0.409. The summed E-state index contributed by atoms with van der Waals surface area (Å²) in [4.78, 5) is 22.4. The average molecular weight is 356 g/mol. The Morgan fingerprint density at radius 2 is 1.73 bits per heavy atom. The van der Waals surface area contributed by atoms with E-state index in [1.165, 1.54) is 29.8 Å². The van der Waals surface area contributed by atoms with Crippen LogP contribution in [0.15, 0.2) is 48.5 Å². The molecule has 1 atom stereocenters. The Kier molecular flexibility index (Phi) is 6.72. The van der Waals surface area contributed by atoms with Gasteiger partial charge in [-0.1, -0.05) is 45.0 Å². The van der Waals surface area contributed by atoms with Gasteiger partial charge in [-0.25, -0.2) is 0 Å². The van der Waals surface area contributed by atoms with Crippen molar-refractivity contribution >= 4 is 11.6 Å². The first kappa shape index (κ1) is 19.4. The predicted octanol–water partition coefficient (Wildman–Crippen LogP) is 4.05. The first-order valence-corrected chi connectivity index (χ1v) is 8.66. The van der Waals surface area contributed by atoms with Gasteiger partial charge in [0.2, 0.25) is 0 Å². The fourth-order valence-corrected chi connectivity index (χ4v) is 2.62. The summed E-state index contributed by atoms with van der Waals surface area (Å²) in [6.45, 7) is 6.06. The maximum absolute atomic E-state index is 12.3. The number of ether oxygens (including phenoxy) is 1. The van der Waals surface area contributed by atoms with Gasteiger partial charge in [0.05, 0.1) is 11.0 Å². The largest absolute Gasteiger partial charge is 0.484 e. The summed E-state index contributed by atoms with van der Waals surface area (Å²) >= 11 is 0. The summed E-state index contributed by atoms with van der Waals surface area (Å²) in [5.41, 5.74) is 2.29. The summed E-state index contributed by atoms with van der Waals surface area (Å²) in [7, 11) is 0. The lowest BCUT2D eigenvalue weighted by atomic mass is 9.95. The Bertz CT molecular complexity index is 739. The molecule has 1 unspecified atom stereocenters. The van der Waals surface area contributed by atoms with E-state index in [2.05, 4.69) is 38.2 Å². The molecule has 0 radical (unpaired) electrons. The number of carbonyl (C=O) groups excluding carboxylic acids is 1. The maximum atomic E-state index is 12.3. The smallest absolute Gasteiger partial charge is 0.269 e. The second-order valence-corrected chi connectivity index (χ2v) is 6.42. The lowest BCUT2D eigenvalue weighted by molar-refractivity contribution is -0.384. The highest BCUT2D eigenvalue weighted by molar-refractivity contribution is 5.78. The van der Waals surface area contributed by atoms with E-state index < -0.39 is 4.92 Å². The number of aryl methyl sites for hydroxylation is 1. The molecule has 0 aliphatic rings. The van der Waals surface area contributed by atoms with Crippen molar-refractivity contribution in [2.45, 2.75) is 33.2 Å². The van der Waals surface area contributed by atoms with E-state index in [0.29, 0.717) is 5.75 Å². The number of hydrogen-bond acceptors (Lipinski definition) is 4. The quantitative estimate of drug-likeness (QED) is 0.571. The summed E-state index contributed by atoms with van der Waals surface area (Å²) < 4.78 is 5.42. The molecule has 0 saturated heterocycles. The lowest BCUT2D eigenvalue weighted by Gasteiger charge is -2.23. The Hall–Kier alpha value is -2.89. The number of nitro benzene ring substituents is 1. The van der Waals surface area contributed by atoms with Crippen LogP contribution in [0.5, 0.6) is 5.75 Å². The molecule has 0 aliphatic carbocycles. The molecule has 0 spiro atoms. The third-order valence-electron chi connectivity index (χ3n) is 4.15. The van der Waals surface area contributed by atoms with Crippen LogP contribution in [-0.2, 0) is 11.2 Å². The number of benzene rings is 2. The molecule has 1 N–H and O–H groups in total. The van der Waals surface area contributed by atoms with Gasteiger partial charge < -0.3 is 10.1 Å². The van der Waals surface area contributed by atoms with Crippen molar-refractivity contribution in [1.82, 2.24) is 5.32 Å². The van der Waals surface area contributed by atoms with Gasteiger partial charge in [-0.15, -0.1) is 0 Å². The standard InChI is InChI=1S/C20H24N2O4/c1-4-15-5-7-16(8-6-15)20(14(2)3)21-19(23)13-26-18-11-9-17(10-12-18)22(24)25/h5-12,14,20H,4,13H2,1-3H3,(H,21,23). The molecule has 0 aromatic heterocycles. The fourth-order valence-electron chi connectivity index (χ4n) is 2.62. The first-order valence-electron chi connectivity index (χ1n) is 8.66. The van der Waals surface area contributed by atoms with Crippen LogP contribution < -0.4 is 10.1 Å². The van der Waals surface area contributed by atoms with Crippen molar-refractivity contribution in [3.63, 3.8) is 0 Å². The molecule has 6 nitrogen and oxygen atoms in total. The number of hydrogen-bond donors (Lipinski definition) is 1. The molecule has 0 saturated carbocycles. The van der Waals surface area contributed by atoms with Crippen LogP contribution >= 0.6 is 0 Å². The molecule has 0 aliphatic heterocycles. The number of carbonyl (C=O) groups is 1. The number of nitrogens with one attached hydrogen (secondary N) is 1. The number of nitrogens with zero attached hydrogens (tertiary/aromatic N) is 1. The van der Waals surface area contributed by atoms with Gasteiger partial charge in [0.15, 0.2) is 6.61 Å². The zero-order valence-corrected chi connectivity index (χ0v) is 15.3. The first-order chi connectivity index (χ1) is 12.4. The molecule has 0 bridgehead atoms. The Labute approximate surface area is 153 Å². The van der Waals surface area contributed by atoms with Gasteiger partial charge in [-0.05, 0) is 35.6 Å². The Balaban J connectivity index is 1.95. The summed E-state index contributed by atoms with van der Waals surface area (Å²) in [6, 6.07) is 13.8. The molecular formula is C20H24N2O4. The highest BCUT2D eigenvalue weighted by atomic mass is 16.6. The van der Waals surface area contributed by atoms with E-state index in [0.717, 1.165) is 12.0 Å². The zero-order valence-electron chi connectivity index (χ0n) is 15.3. The molecule has 1 amide bonds. The maximum Gasteiger partial charge on any atom is 0.269 e. The molecule has 2 aromatic carbocycles. The number of nitro groups is 1. The van der Waals surface area contributed by atoms with E-state index in [9.17, 15) is 14.9 Å². The van der Waals surface area contributed by atoms with Gasteiger partial charge in [0.25, 0.3) is 11.6 Å². The molecule has 2 aromatic rings. The van der Waals surface area contributed by atoms with Crippen LogP contribution in [0.1, 0.15) is 37.9 Å². The molecule has 2 rings (SSSR count). The van der Waals surface area contributed by atoms with E-state index in [1.54, 1.807) is 0 Å². The SMILES string of the molecule is CCc1ccc(C(NC(=O)COc2ccc([N+](=O)[O-])cc2)C(C)C)cc1. The lowest BCUT2D eigenvalue weighted by Crippen LogP contribution is -2.35. The number of amides is 1. The predicted molar refractivity (Wildman–Crippen MR) is 100 cm³/mol. The molecular weight excluding hydrogens is 332 g/mol.